The summed E-state index contributed by atoms with van der Waals surface area (Å²) in [6.07, 6.45) is 8.74. The van der Waals surface area contributed by atoms with Crippen molar-refractivity contribution in [2.45, 2.75) is 25.4 Å². The molecular weight excluding hydrogens is 380 g/mol. The van der Waals surface area contributed by atoms with Gasteiger partial charge in [0.05, 0.1) is 30.7 Å². The van der Waals surface area contributed by atoms with Gasteiger partial charge in [0.1, 0.15) is 6.10 Å². The van der Waals surface area contributed by atoms with Crippen molar-refractivity contribution in [2.75, 3.05) is 25.0 Å². The molecule has 1 aliphatic heterocycles. The van der Waals surface area contributed by atoms with Crippen molar-refractivity contribution >= 4 is 17.5 Å². The molecule has 1 aliphatic rings. The zero-order valence-electron chi connectivity index (χ0n) is 16.6. The zero-order chi connectivity index (χ0) is 20.6. The van der Waals surface area contributed by atoms with E-state index < -0.39 is 0 Å². The van der Waals surface area contributed by atoms with Crippen LogP contribution >= 0.6 is 0 Å². The lowest BCUT2D eigenvalue weighted by molar-refractivity contribution is -0.139. The van der Waals surface area contributed by atoms with Crippen LogP contribution in [0, 0.1) is 0 Å². The first-order valence-corrected chi connectivity index (χ1v) is 10.1. The minimum absolute atomic E-state index is 0.152. The van der Waals surface area contributed by atoms with Crippen LogP contribution in [0.2, 0.25) is 0 Å². The molecule has 1 saturated heterocycles. The molecule has 1 amide bonds. The summed E-state index contributed by atoms with van der Waals surface area (Å²) < 4.78 is 5.86. The van der Waals surface area contributed by atoms with E-state index in [0.29, 0.717) is 32.1 Å². The molecule has 0 saturated carbocycles. The SMILES string of the molecule is O=C(CCCc1ccccn1)N1CCO[C@@H](c2ccc(Nc3ncccn3)cn2)C1. The zero-order valence-corrected chi connectivity index (χ0v) is 16.6. The fraction of sp³-hybridized carbons (Fsp3) is 0.318. The predicted octanol–water partition coefficient (Wildman–Crippen LogP) is 2.93. The number of carbonyl (C=O) groups excluding carboxylic acids is 1. The van der Waals surface area contributed by atoms with Crippen LogP contribution in [0.5, 0.6) is 0 Å². The number of morpholine rings is 1. The summed E-state index contributed by atoms with van der Waals surface area (Å²) in [4.78, 5) is 31.6. The molecule has 0 bridgehead atoms. The summed E-state index contributed by atoms with van der Waals surface area (Å²) in [5.74, 6) is 0.669. The number of amides is 1. The van der Waals surface area contributed by atoms with Crippen LogP contribution in [0.1, 0.15) is 30.3 Å². The summed E-state index contributed by atoms with van der Waals surface area (Å²) in [7, 11) is 0. The van der Waals surface area contributed by atoms with Gasteiger partial charge in [0.2, 0.25) is 11.9 Å². The van der Waals surface area contributed by atoms with Crippen molar-refractivity contribution in [1.82, 2.24) is 24.8 Å². The highest BCUT2D eigenvalue weighted by Gasteiger charge is 2.26. The van der Waals surface area contributed by atoms with Gasteiger partial charge in [-0.1, -0.05) is 6.07 Å². The van der Waals surface area contributed by atoms with E-state index in [4.69, 9.17) is 4.74 Å². The number of hydrogen-bond acceptors (Lipinski definition) is 7. The lowest BCUT2D eigenvalue weighted by atomic mass is 10.1. The molecule has 3 aromatic heterocycles. The Morgan fingerprint density at radius 3 is 2.70 bits per heavy atom. The summed E-state index contributed by atoms with van der Waals surface area (Å²) in [5, 5.41) is 3.10. The third kappa shape index (κ3) is 5.36. The quantitative estimate of drug-likeness (QED) is 0.647. The molecule has 154 valence electrons. The second kappa shape index (κ2) is 9.89. The van der Waals surface area contributed by atoms with Crippen LogP contribution < -0.4 is 5.32 Å². The minimum atomic E-state index is -0.222. The Balaban J connectivity index is 1.29. The fourth-order valence-electron chi connectivity index (χ4n) is 3.34. The van der Waals surface area contributed by atoms with E-state index in [-0.39, 0.29) is 12.0 Å². The number of aromatic nitrogens is 4. The molecule has 8 nitrogen and oxygen atoms in total. The maximum atomic E-state index is 12.6. The molecule has 8 heteroatoms. The van der Waals surface area contributed by atoms with Gasteiger partial charge in [-0.3, -0.25) is 14.8 Å². The molecule has 1 N–H and O–H groups in total. The third-order valence-electron chi connectivity index (χ3n) is 4.91. The Morgan fingerprint density at radius 2 is 1.93 bits per heavy atom. The lowest BCUT2D eigenvalue weighted by Gasteiger charge is -2.32. The van der Waals surface area contributed by atoms with Crippen LogP contribution in [-0.2, 0) is 16.0 Å². The average Bonchev–Trinajstić information content (AvgIpc) is 2.81. The first kappa shape index (κ1) is 19.9. The van der Waals surface area contributed by atoms with Gasteiger partial charge in [0.25, 0.3) is 0 Å². The van der Waals surface area contributed by atoms with E-state index in [2.05, 4.69) is 25.3 Å². The second-order valence-electron chi connectivity index (χ2n) is 7.04. The summed E-state index contributed by atoms with van der Waals surface area (Å²) >= 11 is 0. The summed E-state index contributed by atoms with van der Waals surface area (Å²) in [5.41, 5.74) is 2.62. The van der Waals surface area contributed by atoms with Gasteiger partial charge in [-0.2, -0.15) is 0 Å². The predicted molar refractivity (Wildman–Crippen MR) is 112 cm³/mol. The molecule has 1 fully saturated rings. The van der Waals surface area contributed by atoms with Crippen LogP contribution in [0.15, 0.2) is 61.2 Å². The molecule has 4 rings (SSSR count). The number of nitrogens with one attached hydrogen (secondary N) is 1. The summed E-state index contributed by atoms with van der Waals surface area (Å²) in [6, 6.07) is 11.4. The number of pyridine rings is 2. The molecule has 1 atom stereocenters. The van der Waals surface area contributed by atoms with Crippen LogP contribution in [0.25, 0.3) is 0 Å². The minimum Gasteiger partial charge on any atom is -0.368 e. The van der Waals surface area contributed by atoms with Crippen LogP contribution in [0.3, 0.4) is 0 Å². The standard InChI is InChI=1S/C22H24N6O2/c29-21(7-3-6-17-5-1-2-10-23-17)28-13-14-30-20(16-28)19-9-8-18(15-26-19)27-22-24-11-4-12-25-22/h1-2,4-5,8-12,15,20H,3,6-7,13-14,16H2,(H,24,25,27)/t20-/m1/s1. The molecule has 0 aliphatic carbocycles. The first-order valence-electron chi connectivity index (χ1n) is 10.1. The maximum absolute atomic E-state index is 12.6. The van der Waals surface area contributed by atoms with Crippen LogP contribution in [-0.4, -0.2) is 50.4 Å². The molecule has 30 heavy (non-hydrogen) atoms. The number of aryl methyl sites for hydroxylation is 1. The van der Waals surface area contributed by atoms with Gasteiger partial charge < -0.3 is 15.0 Å². The molecule has 0 spiro atoms. The number of hydrogen-bond donors (Lipinski definition) is 1. The molecule has 3 aromatic rings. The van der Waals surface area contributed by atoms with Gasteiger partial charge in [0.15, 0.2) is 0 Å². The van der Waals surface area contributed by atoms with Gasteiger partial charge in [0, 0.05) is 37.3 Å². The number of rotatable bonds is 7. The van der Waals surface area contributed by atoms with Gasteiger partial charge in [-0.25, -0.2) is 9.97 Å². The van der Waals surface area contributed by atoms with Crippen molar-refractivity contribution in [1.29, 1.82) is 0 Å². The van der Waals surface area contributed by atoms with E-state index in [1.807, 2.05) is 35.2 Å². The monoisotopic (exact) mass is 404 g/mol. The number of ether oxygens (including phenoxy) is 1. The topological polar surface area (TPSA) is 93.1 Å². The van der Waals surface area contributed by atoms with E-state index in [1.54, 1.807) is 30.9 Å². The van der Waals surface area contributed by atoms with Gasteiger partial charge in [-0.15, -0.1) is 0 Å². The third-order valence-corrected chi connectivity index (χ3v) is 4.91. The number of anilines is 2. The highest BCUT2D eigenvalue weighted by molar-refractivity contribution is 5.76. The van der Waals surface area contributed by atoms with E-state index in [0.717, 1.165) is 29.9 Å². The molecule has 0 radical (unpaired) electrons. The normalized spacial score (nSPS) is 16.3. The highest BCUT2D eigenvalue weighted by Crippen LogP contribution is 2.23. The van der Waals surface area contributed by atoms with Gasteiger partial charge in [-0.05, 0) is 43.2 Å². The average molecular weight is 404 g/mol. The van der Waals surface area contributed by atoms with Crippen molar-refractivity contribution in [3.8, 4) is 0 Å². The summed E-state index contributed by atoms with van der Waals surface area (Å²) in [6.45, 7) is 1.64. The Labute approximate surface area is 175 Å². The molecule has 0 aromatic carbocycles. The number of nitrogens with zero attached hydrogens (tertiary/aromatic N) is 5. The van der Waals surface area contributed by atoms with Crippen molar-refractivity contribution in [3.05, 3.63) is 72.6 Å². The van der Waals surface area contributed by atoms with Crippen LogP contribution in [0.4, 0.5) is 11.6 Å². The first-order chi connectivity index (χ1) is 14.8. The van der Waals surface area contributed by atoms with Crippen molar-refractivity contribution in [2.24, 2.45) is 0 Å². The molecule has 4 heterocycles. The Hall–Kier alpha value is -3.39. The maximum Gasteiger partial charge on any atom is 0.227 e. The fourth-order valence-corrected chi connectivity index (χ4v) is 3.34. The van der Waals surface area contributed by atoms with Gasteiger partial charge >= 0.3 is 0 Å². The van der Waals surface area contributed by atoms with E-state index in [1.165, 1.54) is 0 Å². The Bertz CT molecular complexity index is 937. The van der Waals surface area contributed by atoms with E-state index in [9.17, 15) is 4.79 Å². The second-order valence-corrected chi connectivity index (χ2v) is 7.04. The Morgan fingerprint density at radius 1 is 1.07 bits per heavy atom. The van der Waals surface area contributed by atoms with Crippen molar-refractivity contribution in [3.63, 3.8) is 0 Å². The van der Waals surface area contributed by atoms with E-state index >= 15 is 0 Å². The molecule has 0 unspecified atom stereocenters. The highest BCUT2D eigenvalue weighted by atomic mass is 16.5. The largest absolute Gasteiger partial charge is 0.368 e. The smallest absolute Gasteiger partial charge is 0.227 e. The Kier molecular flexibility index (Phi) is 6.56. The molecular formula is C22H24N6O2. The number of carbonyl (C=O) groups is 1. The lowest BCUT2D eigenvalue weighted by Crippen LogP contribution is -2.42. The van der Waals surface area contributed by atoms with Crippen molar-refractivity contribution < 1.29 is 9.53 Å².